The van der Waals surface area contributed by atoms with Crippen LogP contribution in [0.25, 0.3) is 0 Å². The van der Waals surface area contributed by atoms with Crippen molar-refractivity contribution < 1.29 is 9.59 Å². The van der Waals surface area contributed by atoms with Gasteiger partial charge in [0.25, 0.3) is 0 Å². The average Bonchev–Trinajstić information content (AvgIpc) is 1.98. The van der Waals surface area contributed by atoms with Gasteiger partial charge in [-0.3, -0.25) is 15.0 Å². The molecule has 0 atom stereocenters. The summed E-state index contributed by atoms with van der Waals surface area (Å²) in [6.07, 6.45) is -0.0313. The average molecular weight is 172 g/mol. The van der Waals surface area contributed by atoms with Crippen molar-refractivity contribution >= 4 is 11.7 Å². The SMILES string of the molecule is CCN(CC)NC(=O)CC(C)=O. The van der Waals surface area contributed by atoms with Crippen LogP contribution in [-0.2, 0) is 9.59 Å². The lowest BCUT2D eigenvalue weighted by molar-refractivity contribution is -0.130. The number of hydrogen-bond acceptors (Lipinski definition) is 3. The van der Waals surface area contributed by atoms with Crippen LogP contribution in [0.15, 0.2) is 0 Å². The number of Topliss-reactive ketones (excluding diaryl/α,β-unsaturated/α-hetero) is 1. The molecule has 0 spiro atoms. The number of amides is 1. The Morgan fingerprint density at radius 1 is 1.25 bits per heavy atom. The van der Waals surface area contributed by atoms with Gasteiger partial charge < -0.3 is 0 Å². The van der Waals surface area contributed by atoms with Crippen LogP contribution in [0.4, 0.5) is 0 Å². The molecule has 0 radical (unpaired) electrons. The van der Waals surface area contributed by atoms with Crippen LogP contribution in [0.3, 0.4) is 0 Å². The lowest BCUT2D eigenvalue weighted by Crippen LogP contribution is -2.42. The molecule has 0 aliphatic heterocycles. The summed E-state index contributed by atoms with van der Waals surface area (Å²) in [6.45, 7) is 6.79. The van der Waals surface area contributed by atoms with Crippen molar-refractivity contribution in [3.05, 3.63) is 0 Å². The molecule has 1 amide bonds. The Hall–Kier alpha value is -0.900. The molecule has 1 N–H and O–H groups in total. The Kier molecular flexibility index (Phi) is 5.28. The number of nitrogens with zero attached hydrogens (tertiary/aromatic N) is 1. The van der Waals surface area contributed by atoms with E-state index in [-0.39, 0.29) is 18.1 Å². The van der Waals surface area contributed by atoms with Gasteiger partial charge in [-0.2, -0.15) is 0 Å². The van der Waals surface area contributed by atoms with E-state index in [2.05, 4.69) is 5.43 Å². The van der Waals surface area contributed by atoms with E-state index in [1.807, 2.05) is 13.8 Å². The molecule has 0 saturated heterocycles. The number of nitrogens with one attached hydrogen (secondary N) is 1. The van der Waals surface area contributed by atoms with Gasteiger partial charge in [-0.15, -0.1) is 0 Å². The summed E-state index contributed by atoms with van der Waals surface area (Å²) >= 11 is 0. The van der Waals surface area contributed by atoms with Crippen molar-refractivity contribution in [3.63, 3.8) is 0 Å². The van der Waals surface area contributed by atoms with Crippen molar-refractivity contribution in [2.45, 2.75) is 27.2 Å². The number of hydrazine groups is 1. The molecule has 0 bridgehead atoms. The fourth-order valence-electron chi connectivity index (χ4n) is 0.824. The Labute approximate surface area is 72.9 Å². The highest BCUT2D eigenvalue weighted by molar-refractivity contribution is 5.96. The molecule has 4 nitrogen and oxygen atoms in total. The molecule has 4 heteroatoms. The third kappa shape index (κ3) is 4.85. The van der Waals surface area contributed by atoms with Crippen LogP contribution in [0.5, 0.6) is 0 Å². The highest BCUT2D eigenvalue weighted by Gasteiger charge is 2.07. The Bertz CT molecular complexity index is 164. The van der Waals surface area contributed by atoms with Crippen LogP contribution < -0.4 is 5.43 Å². The zero-order valence-electron chi connectivity index (χ0n) is 7.89. The van der Waals surface area contributed by atoms with E-state index in [4.69, 9.17) is 0 Å². The lowest BCUT2D eigenvalue weighted by atomic mass is 10.3. The molecule has 70 valence electrons. The molecule has 0 aromatic heterocycles. The van der Waals surface area contributed by atoms with Gasteiger partial charge in [-0.1, -0.05) is 13.8 Å². The minimum absolute atomic E-state index is 0.0313. The van der Waals surface area contributed by atoms with E-state index in [9.17, 15) is 9.59 Å². The van der Waals surface area contributed by atoms with Crippen LogP contribution in [0.2, 0.25) is 0 Å². The Morgan fingerprint density at radius 3 is 2.08 bits per heavy atom. The fourth-order valence-corrected chi connectivity index (χ4v) is 0.824. The summed E-state index contributed by atoms with van der Waals surface area (Å²) < 4.78 is 0. The topological polar surface area (TPSA) is 49.4 Å². The fraction of sp³-hybridized carbons (Fsp3) is 0.750. The van der Waals surface area contributed by atoms with Crippen molar-refractivity contribution in [3.8, 4) is 0 Å². The molecule has 0 rings (SSSR count). The number of carbonyl (C=O) groups excluding carboxylic acids is 2. The maximum absolute atomic E-state index is 11.0. The van der Waals surface area contributed by atoms with E-state index in [1.165, 1.54) is 6.92 Å². The van der Waals surface area contributed by atoms with E-state index in [1.54, 1.807) is 5.01 Å². The third-order valence-corrected chi connectivity index (χ3v) is 1.46. The van der Waals surface area contributed by atoms with E-state index < -0.39 is 0 Å². The zero-order chi connectivity index (χ0) is 9.56. The van der Waals surface area contributed by atoms with Crippen LogP contribution >= 0.6 is 0 Å². The van der Waals surface area contributed by atoms with E-state index >= 15 is 0 Å². The van der Waals surface area contributed by atoms with Crippen molar-refractivity contribution in [1.82, 2.24) is 10.4 Å². The monoisotopic (exact) mass is 172 g/mol. The second kappa shape index (κ2) is 5.71. The van der Waals surface area contributed by atoms with E-state index in [0.717, 1.165) is 13.1 Å². The van der Waals surface area contributed by atoms with Gasteiger partial charge in [0.2, 0.25) is 5.91 Å². The minimum Gasteiger partial charge on any atom is -0.299 e. The first-order valence-electron chi connectivity index (χ1n) is 4.14. The highest BCUT2D eigenvalue weighted by Crippen LogP contribution is 1.85. The molecule has 0 aromatic carbocycles. The van der Waals surface area contributed by atoms with Gasteiger partial charge in [0.05, 0.1) is 6.42 Å². The maximum Gasteiger partial charge on any atom is 0.241 e. The normalized spacial score (nSPS) is 10.0. The number of carbonyl (C=O) groups is 2. The molecule has 12 heavy (non-hydrogen) atoms. The lowest BCUT2D eigenvalue weighted by Gasteiger charge is -2.18. The zero-order valence-corrected chi connectivity index (χ0v) is 7.89. The van der Waals surface area contributed by atoms with Gasteiger partial charge in [-0.05, 0) is 6.92 Å². The Morgan fingerprint density at radius 2 is 1.75 bits per heavy atom. The number of rotatable bonds is 5. The van der Waals surface area contributed by atoms with Gasteiger partial charge in [-0.25, -0.2) is 5.01 Å². The summed E-state index contributed by atoms with van der Waals surface area (Å²) in [5.41, 5.74) is 2.62. The van der Waals surface area contributed by atoms with Crippen LogP contribution in [-0.4, -0.2) is 29.8 Å². The third-order valence-electron chi connectivity index (χ3n) is 1.46. The van der Waals surface area contributed by atoms with Gasteiger partial charge in [0.1, 0.15) is 5.78 Å². The molecule has 0 unspecified atom stereocenters. The predicted octanol–water partition coefficient (Wildman–Crippen LogP) is 0.339. The largest absolute Gasteiger partial charge is 0.299 e. The Balaban J connectivity index is 3.74. The smallest absolute Gasteiger partial charge is 0.241 e. The van der Waals surface area contributed by atoms with Crippen molar-refractivity contribution in [1.29, 1.82) is 0 Å². The summed E-state index contributed by atoms with van der Waals surface area (Å²) in [6, 6.07) is 0. The molecule has 0 aliphatic carbocycles. The first-order chi connectivity index (χ1) is 5.60. The van der Waals surface area contributed by atoms with Gasteiger partial charge >= 0.3 is 0 Å². The predicted molar refractivity (Wildman–Crippen MR) is 46.4 cm³/mol. The van der Waals surface area contributed by atoms with Crippen molar-refractivity contribution in [2.75, 3.05) is 13.1 Å². The summed E-state index contributed by atoms with van der Waals surface area (Å²) in [5.74, 6) is -0.342. The van der Waals surface area contributed by atoms with Crippen LogP contribution in [0, 0.1) is 0 Å². The first kappa shape index (κ1) is 11.1. The second-order valence-corrected chi connectivity index (χ2v) is 2.59. The van der Waals surface area contributed by atoms with Gasteiger partial charge in [0.15, 0.2) is 0 Å². The quantitative estimate of drug-likeness (QED) is 0.480. The maximum atomic E-state index is 11.0. The molecule has 0 saturated carbocycles. The highest BCUT2D eigenvalue weighted by atomic mass is 16.2. The molecular weight excluding hydrogens is 156 g/mol. The van der Waals surface area contributed by atoms with Crippen LogP contribution in [0.1, 0.15) is 27.2 Å². The molecule has 0 fully saturated rings. The number of ketones is 1. The molecule has 0 heterocycles. The molecular formula is C8H16N2O2. The minimum atomic E-state index is -0.230. The number of hydrogen-bond donors (Lipinski definition) is 1. The van der Waals surface area contributed by atoms with E-state index in [0.29, 0.717) is 0 Å². The first-order valence-corrected chi connectivity index (χ1v) is 4.14. The van der Waals surface area contributed by atoms with Gasteiger partial charge in [0, 0.05) is 13.1 Å². The second-order valence-electron chi connectivity index (χ2n) is 2.59. The molecule has 0 aliphatic rings. The van der Waals surface area contributed by atoms with Crippen molar-refractivity contribution in [2.24, 2.45) is 0 Å². The summed E-state index contributed by atoms with van der Waals surface area (Å²) in [4.78, 5) is 21.5. The molecule has 0 aromatic rings. The summed E-state index contributed by atoms with van der Waals surface area (Å²) in [7, 11) is 0. The summed E-state index contributed by atoms with van der Waals surface area (Å²) in [5, 5.41) is 1.76. The standard InChI is InChI=1S/C8H16N2O2/c1-4-10(5-2)9-8(12)6-7(3)11/h4-6H2,1-3H3,(H,9,12).